The lowest BCUT2D eigenvalue weighted by Gasteiger charge is -2.24. The van der Waals surface area contributed by atoms with Crippen LogP contribution in [0.25, 0.3) is 0 Å². The normalized spacial score (nSPS) is 27.0. The highest BCUT2D eigenvalue weighted by atomic mass is 32.2. The summed E-state index contributed by atoms with van der Waals surface area (Å²) in [5.74, 6) is 2.25. The summed E-state index contributed by atoms with van der Waals surface area (Å²) in [6, 6.07) is 0. The molecular weight excluding hydrogens is 164 g/mol. The first-order valence-corrected chi connectivity index (χ1v) is 7.53. The highest BCUT2D eigenvalue weighted by Gasteiger charge is 2.24. The van der Waals surface area contributed by atoms with Crippen LogP contribution in [0.15, 0.2) is 0 Å². The van der Waals surface area contributed by atoms with Crippen LogP contribution in [-0.4, -0.2) is 33.3 Å². The Bertz CT molecular complexity index is 97.9. The SMILES string of the molecule is C[Si]1(C)OCCSCCO1. The fraction of sp³-hybridized carbons (Fsp3) is 1.00. The molecule has 1 rings (SSSR count). The average Bonchev–Trinajstić information content (AvgIpc) is 1.81. The number of hydrogen-bond donors (Lipinski definition) is 0. The fourth-order valence-electron chi connectivity index (χ4n) is 0.836. The van der Waals surface area contributed by atoms with Gasteiger partial charge in [0.2, 0.25) is 0 Å². The Morgan fingerprint density at radius 3 is 2.10 bits per heavy atom. The van der Waals surface area contributed by atoms with Crippen molar-refractivity contribution in [2.24, 2.45) is 0 Å². The van der Waals surface area contributed by atoms with E-state index in [0.717, 1.165) is 24.7 Å². The van der Waals surface area contributed by atoms with Crippen molar-refractivity contribution in [2.75, 3.05) is 24.7 Å². The van der Waals surface area contributed by atoms with Gasteiger partial charge >= 0.3 is 8.56 Å². The van der Waals surface area contributed by atoms with E-state index in [1.54, 1.807) is 0 Å². The van der Waals surface area contributed by atoms with Crippen LogP contribution in [-0.2, 0) is 8.85 Å². The largest absolute Gasteiger partial charge is 0.394 e. The third kappa shape index (κ3) is 3.05. The van der Waals surface area contributed by atoms with E-state index in [0.29, 0.717) is 0 Å². The van der Waals surface area contributed by atoms with E-state index in [2.05, 4.69) is 13.1 Å². The Morgan fingerprint density at radius 2 is 1.60 bits per heavy atom. The summed E-state index contributed by atoms with van der Waals surface area (Å²) in [5, 5.41) is 0. The molecule has 0 bridgehead atoms. The van der Waals surface area contributed by atoms with E-state index in [-0.39, 0.29) is 0 Å². The van der Waals surface area contributed by atoms with Crippen LogP contribution in [0.4, 0.5) is 0 Å². The minimum Gasteiger partial charge on any atom is -0.394 e. The summed E-state index contributed by atoms with van der Waals surface area (Å²) in [5.41, 5.74) is 0. The average molecular weight is 178 g/mol. The molecular formula is C6H14O2SSi. The first kappa shape index (κ1) is 8.58. The maximum atomic E-state index is 5.57. The van der Waals surface area contributed by atoms with E-state index < -0.39 is 8.56 Å². The number of rotatable bonds is 0. The predicted molar refractivity (Wildman–Crippen MR) is 46.7 cm³/mol. The molecule has 4 heteroatoms. The number of thioether (sulfide) groups is 1. The summed E-state index contributed by atoms with van der Waals surface area (Å²) < 4.78 is 11.1. The van der Waals surface area contributed by atoms with E-state index in [1.807, 2.05) is 11.8 Å². The molecule has 0 amide bonds. The van der Waals surface area contributed by atoms with Gasteiger partial charge in [0.25, 0.3) is 0 Å². The Balaban J connectivity index is 2.30. The van der Waals surface area contributed by atoms with Crippen LogP contribution in [0.5, 0.6) is 0 Å². The van der Waals surface area contributed by atoms with E-state index >= 15 is 0 Å². The van der Waals surface area contributed by atoms with Gasteiger partial charge in [0, 0.05) is 24.7 Å². The molecule has 1 saturated heterocycles. The minimum atomic E-state index is -1.69. The van der Waals surface area contributed by atoms with Crippen molar-refractivity contribution in [1.82, 2.24) is 0 Å². The fourth-order valence-corrected chi connectivity index (χ4v) is 3.01. The van der Waals surface area contributed by atoms with Gasteiger partial charge < -0.3 is 8.85 Å². The van der Waals surface area contributed by atoms with E-state index in [4.69, 9.17) is 8.85 Å². The van der Waals surface area contributed by atoms with Gasteiger partial charge in [-0.05, 0) is 13.1 Å². The Morgan fingerprint density at radius 1 is 1.10 bits per heavy atom. The molecule has 0 aromatic carbocycles. The minimum absolute atomic E-state index is 0.865. The lowest BCUT2D eigenvalue weighted by Crippen LogP contribution is -2.37. The topological polar surface area (TPSA) is 18.5 Å². The van der Waals surface area contributed by atoms with Crippen LogP contribution < -0.4 is 0 Å². The van der Waals surface area contributed by atoms with Crippen LogP contribution >= 0.6 is 11.8 Å². The van der Waals surface area contributed by atoms with Gasteiger partial charge in [-0.15, -0.1) is 0 Å². The smallest absolute Gasteiger partial charge is 0.331 e. The maximum absolute atomic E-state index is 5.57. The van der Waals surface area contributed by atoms with Crippen molar-refractivity contribution in [3.63, 3.8) is 0 Å². The van der Waals surface area contributed by atoms with Crippen LogP contribution in [0.2, 0.25) is 13.1 Å². The summed E-state index contributed by atoms with van der Waals surface area (Å²) >= 11 is 1.90. The first-order valence-electron chi connectivity index (χ1n) is 3.56. The molecule has 1 fully saturated rings. The monoisotopic (exact) mass is 178 g/mol. The molecule has 2 nitrogen and oxygen atoms in total. The lowest BCUT2D eigenvalue weighted by molar-refractivity contribution is 0.195. The zero-order valence-electron chi connectivity index (χ0n) is 6.55. The summed E-state index contributed by atoms with van der Waals surface area (Å²) in [4.78, 5) is 0. The van der Waals surface area contributed by atoms with Crippen molar-refractivity contribution in [2.45, 2.75) is 13.1 Å². The van der Waals surface area contributed by atoms with E-state index in [9.17, 15) is 0 Å². The molecule has 0 unspecified atom stereocenters. The highest BCUT2D eigenvalue weighted by molar-refractivity contribution is 7.99. The molecule has 0 saturated carbocycles. The van der Waals surface area contributed by atoms with Crippen LogP contribution in [0.1, 0.15) is 0 Å². The third-order valence-electron chi connectivity index (χ3n) is 1.35. The van der Waals surface area contributed by atoms with Gasteiger partial charge in [-0.2, -0.15) is 11.8 Å². The summed E-state index contributed by atoms with van der Waals surface area (Å²) in [6.45, 7) is 5.93. The molecule has 1 aliphatic heterocycles. The van der Waals surface area contributed by atoms with Crippen molar-refractivity contribution < 1.29 is 8.85 Å². The van der Waals surface area contributed by atoms with Gasteiger partial charge in [0.15, 0.2) is 0 Å². The molecule has 0 radical (unpaired) electrons. The van der Waals surface area contributed by atoms with Crippen LogP contribution in [0, 0.1) is 0 Å². The van der Waals surface area contributed by atoms with Crippen molar-refractivity contribution >= 4 is 20.3 Å². The van der Waals surface area contributed by atoms with E-state index in [1.165, 1.54) is 0 Å². The number of hydrogen-bond acceptors (Lipinski definition) is 3. The molecule has 1 aliphatic rings. The molecule has 0 aromatic heterocycles. The van der Waals surface area contributed by atoms with Gasteiger partial charge in [-0.3, -0.25) is 0 Å². The molecule has 1 heterocycles. The molecule has 0 aromatic rings. The molecule has 60 valence electrons. The van der Waals surface area contributed by atoms with Crippen molar-refractivity contribution in [3.8, 4) is 0 Å². The zero-order valence-corrected chi connectivity index (χ0v) is 8.37. The van der Waals surface area contributed by atoms with Gasteiger partial charge in [-0.25, -0.2) is 0 Å². The molecule has 10 heavy (non-hydrogen) atoms. The maximum Gasteiger partial charge on any atom is 0.331 e. The Kier molecular flexibility index (Phi) is 3.22. The summed E-state index contributed by atoms with van der Waals surface area (Å²) in [6.07, 6.45) is 0. The molecule has 0 spiro atoms. The second-order valence-corrected chi connectivity index (χ2v) is 7.31. The van der Waals surface area contributed by atoms with Crippen molar-refractivity contribution in [3.05, 3.63) is 0 Å². The standard InChI is InChI=1S/C6H14O2SSi/c1-10(2)7-3-5-9-6-4-8-10/h3-6H2,1-2H3. The highest BCUT2D eigenvalue weighted by Crippen LogP contribution is 2.12. The summed E-state index contributed by atoms with van der Waals surface area (Å²) in [7, 11) is -1.69. The second kappa shape index (κ2) is 3.76. The second-order valence-electron chi connectivity index (χ2n) is 2.71. The van der Waals surface area contributed by atoms with Gasteiger partial charge in [0.05, 0.1) is 0 Å². The van der Waals surface area contributed by atoms with Crippen LogP contribution in [0.3, 0.4) is 0 Å². The molecule has 0 aliphatic carbocycles. The molecule has 0 atom stereocenters. The van der Waals surface area contributed by atoms with Crippen molar-refractivity contribution in [1.29, 1.82) is 0 Å². The van der Waals surface area contributed by atoms with Gasteiger partial charge in [0.1, 0.15) is 0 Å². The quantitative estimate of drug-likeness (QED) is 0.523. The van der Waals surface area contributed by atoms with Gasteiger partial charge in [-0.1, -0.05) is 0 Å². The Labute approximate surface area is 67.5 Å². The predicted octanol–water partition coefficient (Wildman–Crippen LogP) is 1.47. The first-order chi connectivity index (χ1) is 4.71. The third-order valence-corrected chi connectivity index (χ3v) is 4.06. The molecule has 0 N–H and O–H groups in total. The lowest BCUT2D eigenvalue weighted by atomic mass is 10.9. The zero-order chi connectivity index (χ0) is 7.45. The Hall–Kier alpha value is 0.487.